The normalized spacial score (nSPS) is 10.4. The monoisotopic (exact) mass is 268 g/mol. The zero-order chi connectivity index (χ0) is 13.9. The number of nitrogens with zero attached hydrogens (tertiary/aromatic N) is 4. The highest BCUT2D eigenvalue weighted by Crippen LogP contribution is 2.14. The molecule has 0 saturated heterocycles. The standard InChI is InChI=1S/C13H12N6O/c1-9-15-12(18-17-9)13(20)16-10-4-2-5-11(8-10)19-7-3-6-14-19/h2-8H,1H3,(H,16,20)(H,15,17,18). The quantitative estimate of drug-likeness (QED) is 0.754. The molecule has 0 unspecified atom stereocenters. The van der Waals surface area contributed by atoms with Crippen molar-refractivity contribution in [1.82, 2.24) is 25.0 Å². The smallest absolute Gasteiger partial charge is 0.295 e. The van der Waals surface area contributed by atoms with Gasteiger partial charge in [-0.05, 0) is 31.2 Å². The number of nitrogens with one attached hydrogen (secondary N) is 2. The number of aromatic amines is 1. The molecular weight excluding hydrogens is 256 g/mol. The fourth-order valence-corrected chi connectivity index (χ4v) is 1.78. The number of hydrogen-bond donors (Lipinski definition) is 2. The Bertz CT molecular complexity index is 731. The lowest BCUT2D eigenvalue weighted by atomic mass is 10.2. The minimum absolute atomic E-state index is 0.118. The number of hydrogen-bond acceptors (Lipinski definition) is 4. The van der Waals surface area contributed by atoms with Crippen molar-refractivity contribution >= 4 is 11.6 Å². The highest BCUT2D eigenvalue weighted by atomic mass is 16.2. The summed E-state index contributed by atoms with van der Waals surface area (Å²) in [7, 11) is 0. The lowest BCUT2D eigenvalue weighted by Gasteiger charge is -2.06. The van der Waals surface area contributed by atoms with Crippen LogP contribution in [0.1, 0.15) is 16.4 Å². The number of amides is 1. The van der Waals surface area contributed by atoms with Crippen molar-refractivity contribution in [2.24, 2.45) is 0 Å². The molecule has 0 radical (unpaired) electrons. The Morgan fingerprint density at radius 3 is 2.95 bits per heavy atom. The summed E-state index contributed by atoms with van der Waals surface area (Å²) in [6, 6.07) is 9.20. The Hall–Kier alpha value is -2.96. The molecule has 3 aromatic rings. The van der Waals surface area contributed by atoms with Crippen LogP contribution in [-0.4, -0.2) is 30.9 Å². The van der Waals surface area contributed by atoms with Gasteiger partial charge in [-0.15, -0.1) is 5.10 Å². The van der Waals surface area contributed by atoms with Gasteiger partial charge in [-0.1, -0.05) is 6.07 Å². The average molecular weight is 268 g/mol. The molecule has 100 valence electrons. The van der Waals surface area contributed by atoms with Crippen LogP contribution in [-0.2, 0) is 0 Å². The van der Waals surface area contributed by atoms with E-state index in [1.807, 2.05) is 30.5 Å². The van der Waals surface area contributed by atoms with E-state index in [-0.39, 0.29) is 11.7 Å². The molecule has 1 aromatic carbocycles. The number of aromatic nitrogens is 5. The van der Waals surface area contributed by atoms with Gasteiger partial charge >= 0.3 is 0 Å². The number of anilines is 1. The van der Waals surface area contributed by atoms with E-state index in [4.69, 9.17) is 0 Å². The van der Waals surface area contributed by atoms with E-state index in [0.29, 0.717) is 11.5 Å². The molecule has 2 N–H and O–H groups in total. The SMILES string of the molecule is Cc1nc(C(=O)Nc2cccc(-n3cccn3)c2)n[nH]1. The van der Waals surface area contributed by atoms with Crippen LogP contribution in [0.25, 0.3) is 5.69 Å². The van der Waals surface area contributed by atoms with Crippen molar-refractivity contribution in [2.75, 3.05) is 5.32 Å². The average Bonchev–Trinajstić information content (AvgIpc) is 3.10. The summed E-state index contributed by atoms with van der Waals surface area (Å²) in [6.45, 7) is 1.74. The van der Waals surface area contributed by atoms with Crippen molar-refractivity contribution in [1.29, 1.82) is 0 Å². The first-order valence-corrected chi connectivity index (χ1v) is 6.03. The first-order chi connectivity index (χ1) is 9.72. The first kappa shape index (κ1) is 12.1. The van der Waals surface area contributed by atoms with Gasteiger partial charge in [0, 0.05) is 18.1 Å². The largest absolute Gasteiger partial charge is 0.319 e. The predicted molar refractivity (Wildman–Crippen MR) is 72.6 cm³/mol. The zero-order valence-corrected chi connectivity index (χ0v) is 10.7. The molecule has 3 rings (SSSR count). The van der Waals surface area contributed by atoms with Crippen LogP contribution in [0.3, 0.4) is 0 Å². The van der Waals surface area contributed by atoms with Gasteiger partial charge in [0.2, 0.25) is 5.82 Å². The first-order valence-electron chi connectivity index (χ1n) is 6.03. The van der Waals surface area contributed by atoms with Crippen molar-refractivity contribution in [3.05, 3.63) is 54.4 Å². The van der Waals surface area contributed by atoms with Crippen molar-refractivity contribution in [2.45, 2.75) is 6.92 Å². The Kier molecular flexibility index (Phi) is 3.00. The van der Waals surface area contributed by atoms with E-state index in [2.05, 4.69) is 25.6 Å². The van der Waals surface area contributed by atoms with Crippen molar-refractivity contribution in [3.8, 4) is 5.69 Å². The van der Waals surface area contributed by atoms with Gasteiger partial charge in [0.25, 0.3) is 5.91 Å². The van der Waals surface area contributed by atoms with Crippen LogP contribution in [0.2, 0.25) is 0 Å². The van der Waals surface area contributed by atoms with Crippen molar-refractivity contribution < 1.29 is 4.79 Å². The van der Waals surface area contributed by atoms with Crippen LogP contribution in [0, 0.1) is 6.92 Å². The maximum absolute atomic E-state index is 11.9. The van der Waals surface area contributed by atoms with Gasteiger partial charge in [-0.3, -0.25) is 9.89 Å². The summed E-state index contributed by atoms with van der Waals surface area (Å²) in [5, 5.41) is 13.3. The molecule has 2 heterocycles. The fourth-order valence-electron chi connectivity index (χ4n) is 1.78. The van der Waals surface area contributed by atoms with Gasteiger partial charge in [0.15, 0.2) is 0 Å². The maximum atomic E-state index is 11.9. The third-order valence-corrected chi connectivity index (χ3v) is 2.67. The summed E-state index contributed by atoms with van der Waals surface area (Å²) in [5.41, 5.74) is 1.52. The van der Waals surface area contributed by atoms with Crippen LogP contribution in [0.4, 0.5) is 5.69 Å². The summed E-state index contributed by atoms with van der Waals surface area (Å²) >= 11 is 0. The van der Waals surface area contributed by atoms with E-state index >= 15 is 0 Å². The molecule has 20 heavy (non-hydrogen) atoms. The second-order valence-electron chi connectivity index (χ2n) is 4.20. The van der Waals surface area contributed by atoms with Gasteiger partial charge in [-0.2, -0.15) is 5.10 Å². The molecular formula is C13H12N6O. The molecule has 0 spiro atoms. The molecule has 7 heteroatoms. The van der Waals surface area contributed by atoms with Crippen molar-refractivity contribution in [3.63, 3.8) is 0 Å². The minimum Gasteiger partial charge on any atom is -0.319 e. The molecule has 1 amide bonds. The number of carbonyl (C=O) groups is 1. The van der Waals surface area contributed by atoms with Crippen LogP contribution < -0.4 is 5.32 Å². The molecule has 0 fully saturated rings. The second-order valence-corrected chi connectivity index (χ2v) is 4.20. The summed E-state index contributed by atoms with van der Waals surface area (Å²) in [5.74, 6) is 0.361. The Balaban J connectivity index is 1.81. The van der Waals surface area contributed by atoms with E-state index in [1.54, 1.807) is 23.9 Å². The molecule has 0 aliphatic rings. The Morgan fingerprint density at radius 2 is 2.25 bits per heavy atom. The Morgan fingerprint density at radius 1 is 1.35 bits per heavy atom. The third kappa shape index (κ3) is 2.41. The van der Waals surface area contributed by atoms with Gasteiger partial charge in [-0.25, -0.2) is 9.67 Å². The number of aryl methyl sites for hydroxylation is 1. The maximum Gasteiger partial charge on any atom is 0.295 e. The predicted octanol–water partition coefficient (Wildman–Crippen LogP) is 1.55. The molecule has 0 atom stereocenters. The molecule has 0 saturated carbocycles. The molecule has 0 bridgehead atoms. The van der Waals surface area contributed by atoms with Gasteiger partial charge in [0.1, 0.15) is 5.82 Å². The lowest BCUT2D eigenvalue weighted by Crippen LogP contribution is -2.14. The number of H-pyrrole nitrogens is 1. The fraction of sp³-hybridized carbons (Fsp3) is 0.0769. The van der Waals surface area contributed by atoms with E-state index in [0.717, 1.165) is 5.69 Å². The summed E-state index contributed by atoms with van der Waals surface area (Å²) < 4.78 is 1.71. The molecule has 2 aromatic heterocycles. The van der Waals surface area contributed by atoms with Gasteiger partial charge in [0.05, 0.1) is 5.69 Å². The van der Waals surface area contributed by atoms with Crippen LogP contribution in [0.15, 0.2) is 42.7 Å². The third-order valence-electron chi connectivity index (χ3n) is 2.67. The van der Waals surface area contributed by atoms with E-state index in [1.165, 1.54) is 0 Å². The zero-order valence-electron chi connectivity index (χ0n) is 10.7. The summed E-state index contributed by atoms with van der Waals surface area (Å²) in [6.07, 6.45) is 3.53. The van der Waals surface area contributed by atoms with Crippen LogP contribution in [0.5, 0.6) is 0 Å². The molecule has 0 aliphatic carbocycles. The van der Waals surface area contributed by atoms with E-state index in [9.17, 15) is 4.79 Å². The topological polar surface area (TPSA) is 88.5 Å². The number of rotatable bonds is 3. The van der Waals surface area contributed by atoms with E-state index < -0.39 is 0 Å². The molecule has 0 aliphatic heterocycles. The molecule has 7 nitrogen and oxygen atoms in total. The highest BCUT2D eigenvalue weighted by Gasteiger charge is 2.11. The van der Waals surface area contributed by atoms with Crippen LogP contribution >= 0.6 is 0 Å². The van der Waals surface area contributed by atoms with Gasteiger partial charge < -0.3 is 5.32 Å². The highest BCUT2D eigenvalue weighted by molar-refractivity contribution is 6.01. The number of carbonyl (C=O) groups excluding carboxylic acids is 1. The minimum atomic E-state index is -0.355. The Labute approximate surface area is 114 Å². The lowest BCUT2D eigenvalue weighted by molar-refractivity contribution is 0.101. The summed E-state index contributed by atoms with van der Waals surface area (Å²) in [4.78, 5) is 15.9. The number of benzene rings is 1. The second kappa shape index (κ2) is 4.96.